The van der Waals surface area contributed by atoms with Crippen LogP contribution in [0.2, 0.25) is 0 Å². The molecule has 0 saturated heterocycles. The fraction of sp³-hybridized carbons (Fsp3) is 0. The number of hydrogen-bond acceptors (Lipinski definition) is 7. The van der Waals surface area contributed by atoms with Gasteiger partial charge in [-0.1, -0.05) is 11.3 Å². The van der Waals surface area contributed by atoms with Crippen molar-refractivity contribution in [1.29, 1.82) is 0 Å². The normalized spacial score (nSPS) is 11.2. The van der Waals surface area contributed by atoms with Gasteiger partial charge < -0.3 is 0 Å². The van der Waals surface area contributed by atoms with Crippen LogP contribution in [0, 0.1) is 15.9 Å². The molecule has 0 bridgehead atoms. The molecule has 0 aliphatic rings. The van der Waals surface area contributed by atoms with Gasteiger partial charge in [0.25, 0.3) is 11.6 Å². The molecule has 0 saturated carbocycles. The second-order valence-electron chi connectivity index (χ2n) is 5.32. The monoisotopic (exact) mass is 485 g/mol. The van der Waals surface area contributed by atoms with E-state index in [1.54, 1.807) is 0 Å². The van der Waals surface area contributed by atoms with Crippen molar-refractivity contribution in [3.8, 4) is 0 Å². The van der Waals surface area contributed by atoms with E-state index < -0.39 is 26.5 Å². The minimum Gasteiger partial charge on any atom is -0.298 e. The van der Waals surface area contributed by atoms with Crippen LogP contribution in [0.15, 0.2) is 62.2 Å². The molecule has 3 aromatic rings. The molecule has 0 unspecified atom stereocenters. The van der Waals surface area contributed by atoms with Crippen molar-refractivity contribution in [2.45, 2.75) is 9.10 Å². The third-order valence-electron chi connectivity index (χ3n) is 3.50. The number of benzene rings is 2. The van der Waals surface area contributed by atoms with Crippen LogP contribution < -0.4 is 5.32 Å². The SMILES string of the molecule is O=C(Nc1ncc(S(=O)(=O)c2ccc([N+](=O)[O-])cc2)s1)c1ccc(F)cc1Br. The molecule has 8 nitrogen and oxygen atoms in total. The van der Waals surface area contributed by atoms with E-state index in [4.69, 9.17) is 0 Å². The van der Waals surface area contributed by atoms with Gasteiger partial charge in [0, 0.05) is 16.6 Å². The van der Waals surface area contributed by atoms with Crippen molar-refractivity contribution in [1.82, 2.24) is 4.98 Å². The zero-order valence-corrected chi connectivity index (χ0v) is 16.8. The molecule has 28 heavy (non-hydrogen) atoms. The largest absolute Gasteiger partial charge is 0.298 e. The second-order valence-corrected chi connectivity index (χ2v) is 9.38. The summed E-state index contributed by atoms with van der Waals surface area (Å²) in [6, 6.07) is 7.94. The maximum absolute atomic E-state index is 13.1. The molecule has 1 heterocycles. The number of amides is 1. The maximum Gasteiger partial charge on any atom is 0.269 e. The molecule has 0 fully saturated rings. The predicted molar refractivity (Wildman–Crippen MR) is 103 cm³/mol. The number of hydrogen-bond donors (Lipinski definition) is 1. The highest BCUT2D eigenvalue weighted by molar-refractivity contribution is 9.10. The topological polar surface area (TPSA) is 119 Å². The van der Waals surface area contributed by atoms with Crippen LogP contribution in [0.1, 0.15) is 10.4 Å². The Labute approximate surface area is 170 Å². The van der Waals surface area contributed by atoms with Crippen LogP contribution in [0.3, 0.4) is 0 Å². The van der Waals surface area contributed by atoms with Crippen molar-refractivity contribution < 1.29 is 22.5 Å². The lowest BCUT2D eigenvalue weighted by molar-refractivity contribution is -0.384. The van der Waals surface area contributed by atoms with E-state index in [0.29, 0.717) is 0 Å². The van der Waals surface area contributed by atoms with E-state index in [0.717, 1.165) is 53.9 Å². The quantitative estimate of drug-likeness (QED) is 0.430. The minimum absolute atomic E-state index is 0.0294. The zero-order valence-electron chi connectivity index (χ0n) is 13.6. The number of nitro benzene ring substituents is 1. The van der Waals surface area contributed by atoms with Crippen LogP contribution >= 0.6 is 27.3 Å². The van der Waals surface area contributed by atoms with Crippen molar-refractivity contribution in [2.24, 2.45) is 0 Å². The standard InChI is InChI=1S/C16H9BrFN3O5S2/c17-13-7-9(18)1-6-12(13)15(22)20-16-19-8-14(27-16)28(25,26)11-4-2-10(3-5-11)21(23)24/h1-8H,(H,19,20,22). The summed E-state index contributed by atoms with van der Waals surface area (Å²) in [6.07, 6.45) is 1.08. The first-order chi connectivity index (χ1) is 13.2. The Hall–Kier alpha value is -2.70. The number of thiazole rings is 1. The van der Waals surface area contributed by atoms with Gasteiger partial charge in [0.1, 0.15) is 10.0 Å². The van der Waals surface area contributed by atoms with Gasteiger partial charge in [-0.05, 0) is 46.3 Å². The fourth-order valence-electron chi connectivity index (χ4n) is 2.14. The van der Waals surface area contributed by atoms with Gasteiger partial charge >= 0.3 is 0 Å². The molecular weight excluding hydrogens is 477 g/mol. The molecule has 3 rings (SSSR count). The minimum atomic E-state index is -3.95. The first-order valence-electron chi connectivity index (χ1n) is 7.40. The van der Waals surface area contributed by atoms with Crippen molar-refractivity contribution in [3.05, 3.63) is 74.6 Å². The molecule has 12 heteroatoms. The number of rotatable bonds is 5. The zero-order chi connectivity index (χ0) is 20.5. The number of anilines is 1. The number of nitrogens with zero attached hydrogens (tertiary/aromatic N) is 2. The molecule has 0 atom stereocenters. The van der Waals surface area contributed by atoms with Crippen LogP contribution in [0.5, 0.6) is 0 Å². The summed E-state index contributed by atoms with van der Waals surface area (Å²) < 4.78 is 38.4. The molecule has 1 amide bonds. The lowest BCUT2D eigenvalue weighted by Gasteiger charge is -2.04. The van der Waals surface area contributed by atoms with Crippen molar-refractivity contribution in [2.75, 3.05) is 5.32 Å². The van der Waals surface area contributed by atoms with Gasteiger partial charge in [-0.25, -0.2) is 17.8 Å². The summed E-state index contributed by atoms with van der Waals surface area (Å²) in [7, 11) is -3.95. The van der Waals surface area contributed by atoms with Gasteiger partial charge in [-0.15, -0.1) is 0 Å². The van der Waals surface area contributed by atoms with E-state index in [1.807, 2.05) is 0 Å². The molecule has 1 aromatic heterocycles. The fourth-order valence-corrected chi connectivity index (χ4v) is 5.10. The van der Waals surface area contributed by atoms with Gasteiger partial charge in [0.05, 0.1) is 21.6 Å². The number of halogens is 2. The van der Waals surface area contributed by atoms with Gasteiger partial charge in [0.15, 0.2) is 5.13 Å². The highest BCUT2D eigenvalue weighted by Crippen LogP contribution is 2.30. The molecule has 0 aliphatic carbocycles. The Morgan fingerprint density at radius 3 is 2.50 bits per heavy atom. The van der Waals surface area contributed by atoms with Gasteiger partial charge in [0.2, 0.25) is 9.84 Å². The Bertz CT molecular complexity index is 1180. The van der Waals surface area contributed by atoms with E-state index >= 15 is 0 Å². The summed E-state index contributed by atoms with van der Waals surface area (Å²) in [5, 5.41) is 13.2. The Morgan fingerprint density at radius 2 is 1.89 bits per heavy atom. The first-order valence-corrected chi connectivity index (χ1v) is 10.5. The van der Waals surface area contributed by atoms with E-state index in [9.17, 15) is 27.7 Å². The lowest BCUT2D eigenvalue weighted by Crippen LogP contribution is -2.12. The first kappa shape index (κ1) is 20.0. The summed E-state index contributed by atoms with van der Waals surface area (Å²) in [6.45, 7) is 0. The highest BCUT2D eigenvalue weighted by atomic mass is 79.9. The van der Waals surface area contributed by atoms with E-state index in [-0.39, 0.29) is 30.0 Å². The number of nitro groups is 1. The second kappa shape index (κ2) is 7.73. The van der Waals surface area contributed by atoms with Crippen LogP contribution in [0.4, 0.5) is 15.2 Å². The Kier molecular flexibility index (Phi) is 5.54. The number of aromatic nitrogens is 1. The van der Waals surface area contributed by atoms with Crippen molar-refractivity contribution >= 4 is 53.8 Å². The molecule has 1 N–H and O–H groups in total. The van der Waals surface area contributed by atoms with E-state index in [1.165, 1.54) is 6.07 Å². The lowest BCUT2D eigenvalue weighted by atomic mass is 10.2. The summed E-state index contributed by atoms with van der Waals surface area (Å²) >= 11 is 3.81. The predicted octanol–water partition coefficient (Wildman–Crippen LogP) is 4.04. The Balaban J connectivity index is 1.82. The van der Waals surface area contributed by atoms with Gasteiger partial charge in [-0.2, -0.15) is 0 Å². The number of carbonyl (C=O) groups excluding carboxylic acids is 1. The molecule has 144 valence electrons. The molecule has 2 aromatic carbocycles. The van der Waals surface area contributed by atoms with Crippen molar-refractivity contribution in [3.63, 3.8) is 0 Å². The summed E-state index contributed by atoms with van der Waals surface area (Å²) in [5.74, 6) is -1.12. The molecule has 0 aliphatic heterocycles. The third kappa shape index (κ3) is 4.08. The summed E-state index contributed by atoms with van der Waals surface area (Å²) in [4.78, 5) is 26.1. The number of nitrogens with one attached hydrogen (secondary N) is 1. The average Bonchev–Trinajstić information content (AvgIpc) is 3.11. The Morgan fingerprint density at radius 1 is 1.21 bits per heavy atom. The average molecular weight is 486 g/mol. The number of non-ortho nitro benzene ring substituents is 1. The van der Waals surface area contributed by atoms with Gasteiger partial charge in [-0.3, -0.25) is 20.2 Å². The third-order valence-corrected chi connectivity index (χ3v) is 7.30. The molecule has 0 radical (unpaired) electrons. The van der Waals surface area contributed by atoms with Crippen LogP contribution in [-0.4, -0.2) is 24.2 Å². The van der Waals surface area contributed by atoms with Crippen LogP contribution in [-0.2, 0) is 9.84 Å². The van der Waals surface area contributed by atoms with Crippen LogP contribution in [0.25, 0.3) is 0 Å². The smallest absolute Gasteiger partial charge is 0.269 e. The maximum atomic E-state index is 13.1. The van der Waals surface area contributed by atoms with E-state index in [2.05, 4.69) is 26.2 Å². The molecular formula is C16H9BrFN3O5S2. The number of sulfone groups is 1. The number of carbonyl (C=O) groups is 1. The molecule has 0 spiro atoms. The highest BCUT2D eigenvalue weighted by Gasteiger charge is 2.23. The summed E-state index contributed by atoms with van der Waals surface area (Å²) in [5.41, 5.74) is -0.0857.